The zero-order chi connectivity index (χ0) is 13.2. The van der Waals surface area contributed by atoms with Crippen LogP contribution in [0.5, 0.6) is 0 Å². The molecule has 0 aromatic rings. The molecule has 1 nitrogen and oxygen atoms in total. The van der Waals surface area contributed by atoms with Crippen molar-refractivity contribution in [2.75, 3.05) is 0 Å². The third-order valence-electron chi connectivity index (χ3n) is 4.03. The van der Waals surface area contributed by atoms with E-state index in [0.717, 1.165) is 6.42 Å². The van der Waals surface area contributed by atoms with Gasteiger partial charge in [-0.25, -0.2) is 0 Å². The van der Waals surface area contributed by atoms with Gasteiger partial charge in [0.25, 0.3) is 8.32 Å². The molecule has 0 aliphatic heterocycles. The smallest absolute Gasteiger partial charge is 0.258 e. The lowest BCUT2D eigenvalue weighted by Crippen LogP contribution is -2.47. The minimum absolute atomic E-state index is 0.657. The minimum atomic E-state index is -1.72. The molecule has 0 heterocycles. The van der Waals surface area contributed by atoms with Crippen molar-refractivity contribution in [3.63, 3.8) is 0 Å². The molecule has 0 saturated carbocycles. The molecule has 0 fully saturated rings. The van der Waals surface area contributed by atoms with Crippen LogP contribution in [0.1, 0.15) is 54.9 Å². The maximum absolute atomic E-state index is 6.60. The fraction of sp³-hybridized carbons (Fsp3) is 0.733. The first-order valence-electron chi connectivity index (χ1n) is 6.87. The number of hydrogen-bond acceptors (Lipinski definition) is 1. The molecular weight excluding hydrogens is 224 g/mol. The molecule has 1 rings (SSSR count). The van der Waals surface area contributed by atoms with Gasteiger partial charge in [-0.1, -0.05) is 53.2 Å². The van der Waals surface area contributed by atoms with E-state index in [1.54, 1.807) is 0 Å². The van der Waals surface area contributed by atoms with Gasteiger partial charge in [0.15, 0.2) is 0 Å². The van der Waals surface area contributed by atoms with Crippen molar-refractivity contribution in [1.82, 2.24) is 0 Å². The predicted octanol–water partition coefficient (Wildman–Crippen LogP) is 5.41. The van der Waals surface area contributed by atoms with Gasteiger partial charge < -0.3 is 4.43 Å². The Labute approximate surface area is 108 Å². The van der Waals surface area contributed by atoms with Gasteiger partial charge in [-0.15, -0.1) is 0 Å². The van der Waals surface area contributed by atoms with Crippen molar-refractivity contribution in [3.05, 3.63) is 23.5 Å². The monoisotopic (exact) mass is 252 g/mol. The highest BCUT2D eigenvalue weighted by Crippen LogP contribution is 2.44. The molecule has 0 bridgehead atoms. The van der Waals surface area contributed by atoms with Crippen LogP contribution < -0.4 is 0 Å². The molecule has 0 aromatic carbocycles. The first kappa shape index (κ1) is 14.6. The van der Waals surface area contributed by atoms with Gasteiger partial charge in [0.05, 0.1) is 5.76 Å². The van der Waals surface area contributed by atoms with E-state index in [-0.39, 0.29) is 0 Å². The van der Waals surface area contributed by atoms with Crippen LogP contribution in [0.4, 0.5) is 0 Å². The van der Waals surface area contributed by atoms with Crippen molar-refractivity contribution in [1.29, 1.82) is 0 Å². The van der Waals surface area contributed by atoms with Crippen molar-refractivity contribution < 1.29 is 4.43 Å². The Morgan fingerprint density at radius 1 is 1.00 bits per heavy atom. The molecule has 98 valence electrons. The van der Waals surface area contributed by atoms with Gasteiger partial charge in [-0.2, -0.15) is 0 Å². The largest absolute Gasteiger partial charge is 0.545 e. The Bertz CT molecular complexity index is 302. The van der Waals surface area contributed by atoms with Crippen molar-refractivity contribution >= 4 is 8.32 Å². The average molecular weight is 252 g/mol. The lowest BCUT2D eigenvalue weighted by atomic mass is 10.3. The Hall–Kier alpha value is -0.503. The summed E-state index contributed by atoms with van der Waals surface area (Å²) in [4.78, 5) is 0. The summed E-state index contributed by atoms with van der Waals surface area (Å²) < 4.78 is 6.60. The van der Waals surface area contributed by atoms with Gasteiger partial charge in [-0.3, -0.25) is 0 Å². The predicted molar refractivity (Wildman–Crippen MR) is 78.6 cm³/mol. The molecule has 0 amide bonds. The first-order chi connectivity index (χ1) is 7.80. The molecule has 0 atom stereocenters. The zero-order valence-corrected chi connectivity index (χ0v) is 13.5. The van der Waals surface area contributed by atoms with E-state index in [2.05, 4.69) is 60.6 Å². The van der Waals surface area contributed by atoms with Gasteiger partial charge in [0, 0.05) is 6.42 Å². The highest BCUT2D eigenvalue weighted by molar-refractivity contribution is 6.77. The molecule has 0 N–H and O–H groups in total. The van der Waals surface area contributed by atoms with E-state index >= 15 is 0 Å². The van der Waals surface area contributed by atoms with Crippen LogP contribution >= 0.6 is 0 Å². The molecule has 0 saturated heterocycles. The minimum Gasteiger partial charge on any atom is -0.545 e. The fourth-order valence-electron chi connectivity index (χ4n) is 3.29. The Kier molecular flexibility index (Phi) is 4.65. The van der Waals surface area contributed by atoms with Crippen LogP contribution in [-0.4, -0.2) is 8.32 Å². The summed E-state index contributed by atoms with van der Waals surface area (Å²) in [6.07, 6.45) is 5.47. The maximum atomic E-state index is 6.60. The Balaban J connectivity index is 2.95. The molecule has 0 unspecified atom stereocenters. The molecule has 1 aliphatic carbocycles. The number of hydrogen-bond donors (Lipinski definition) is 0. The summed E-state index contributed by atoms with van der Waals surface area (Å²) in [7, 11) is -1.72. The third kappa shape index (κ3) is 2.85. The summed E-state index contributed by atoms with van der Waals surface area (Å²) in [6.45, 7) is 16.2. The van der Waals surface area contributed by atoms with Crippen LogP contribution in [0.15, 0.2) is 23.5 Å². The summed E-state index contributed by atoms with van der Waals surface area (Å²) in [5.41, 5.74) is 3.32. The van der Waals surface area contributed by atoms with E-state index in [1.807, 2.05) is 0 Å². The van der Waals surface area contributed by atoms with Crippen LogP contribution in [0.3, 0.4) is 0 Å². The van der Waals surface area contributed by atoms with E-state index in [9.17, 15) is 0 Å². The topological polar surface area (TPSA) is 9.23 Å². The van der Waals surface area contributed by atoms with E-state index in [0.29, 0.717) is 16.6 Å². The van der Waals surface area contributed by atoms with Gasteiger partial charge in [0.2, 0.25) is 0 Å². The molecular formula is C15H28OSi. The summed E-state index contributed by atoms with van der Waals surface area (Å²) in [6, 6.07) is 0. The van der Waals surface area contributed by atoms with Crippen LogP contribution in [0.2, 0.25) is 16.6 Å². The van der Waals surface area contributed by atoms with E-state index in [1.165, 1.54) is 11.3 Å². The first-order valence-corrected chi connectivity index (χ1v) is 9.01. The Morgan fingerprint density at radius 2 is 1.47 bits per heavy atom. The standard InChI is InChI=1S/C15H28OSi/c1-11(2)17(12(3)4,13(5)6)16-15-9-8-14(7)10-15/h8,10-13H,9H2,1-7H3. The SMILES string of the molecule is CC1=CCC(O[Si](C(C)C)(C(C)C)C(C)C)=C1. The second-order valence-electron chi connectivity index (χ2n) is 6.18. The van der Waals surface area contributed by atoms with Crippen molar-refractivity contribution in [2.45, 2.75) is 71.5 Å². The average Bonchev–Trinajstić information content (AvgIpc) is 2.58. The second kappa shape index (κ2) is 5.43. The normalized spacial score (nSPS) is 16.8. The molecule has 0 radical (unpaired) electrons. The van der Waals surface area contributed by atoms with Gasteiger partial charge >= 0.3 is 0 Å². The van der Waals surface area contributed by atoms with E-state index in [4.69, 9.17) is 4.43 Å². The second-order valence-corrected chi connectivity index (χ2v) is 11.6. The molecule has 0 aromatic heterocycles. The molecule has 17 heavy (non-hydrogen) atoms. The summed E-state index contributed by atoms with van der Waals surface area (Å²) in [5, 5.41) is 0. The van der Waals surface area contributed by atoms with Gasteiger partial charge in [0.1, 0.15) is 0 Å². The van der Waals surface area contributed by atoms with Crippen molar-refractivity contribution in [2.24, 2.45) is 0 Å². The van der Waals surface area contributed by atoms with Crippen LogP contribution in [0, 0.1) is 0 Å². The van der Waals surface area contributed by atoms with Crippen LogP contribution in [0.25, 0.3) is 0 Å². The highest BCUT2D eigenvalue weighted by atomic mass is 28.4. The molecule has 2 heteroatoms. The quantitative estimate of drug-likeness (QED) is 0.594. The summed E-state index contributed by atoms with van der Waals surface area (Å²) >= 11 is 0. The molecule has 1 aliphatic rings. The lowest BCUT2D eigenvalue weighted by molar-refractivity contribution is 0.366. The number of rotatable bonds is 5. The van der Waals surface area contributed by atoms with E-state index < -0.39 is 8.32 Å². The Morgan fingerprint density at radius 3 is 1.76 bits per heavy atom. The lowest BCUT2D eigenvalue weighted by Gasteiger charge is -2.42. The van der Waals surface area contributed by atoms with Crippen LogP contribution in [-0.2, 0) is 4.43 Å². The zero-order valence-electron chi connectivity index (χ0n) is 12.5. The number of allylic oxidation sites excluding steroid dienone is 3. The summed E-state index contributed by atoms with van der Waals surface area (Å²) in [5.74, 6) is 1.20. The third-order valence-corrected chi connectivity index (χ3v) is 10.1. The van der Waals surface area contributed by atoms with Crippen molar-refractivity contribution in [3.8, 4) is 0 Å². The maximum Gasteiger partial charge on any atom is 0.258 e. The van der Waals surface area contributed by atoms with Gasteiger partial charge in [-0.05, 0) is 29.6 Å². The highest BCUT2D eigenvalue weighted by Gasteiger charge is 2.47. The fourth-order valence-corrected chi connectivity index (χ4v) is 8.59. The molecule has 0 spiro atoms.